The van der Waals surface area contributed by atoms with Gasteiger partial charge in [-0.2, -0.15) is 0 Å². The monoisotopic (exact) mass is 281 g/mol. The van der Waals surface area contributed by atoms with Crippen LogP contribution in [0.2, 0.25) is 0 Å². The van der Waals surface area contributed by atoms with Crippen LogP contribution >= 0.6 is 11.3 Å². The van der Waals surface area contributed by atoms with Gasteiger partial charge in [-0.25, -0.2) is 0 Å². The van der Waals surface area contributed by atoms with Crippen molar-refractivity contribution in [2.45, 2.75) is 25.4 Å². The summed E-state index contributed by atoms with van der Waals surface area (Å²) >= 11 is 1.78. The molecular formula is C14H23N3OS. The standard InChI is InChI=1S/C14H23N3OS/c1-4-11(13-6-5-9-19-13)17-8-7-15-10-12(17)14(18)16(2)3/h5-6,9,11-12,15H,4,7-8,10H2,1-3H3. The van der Waals surface area contributed by atoms with Crippen LogP contribution in [0.1, 0.15) is 24.3 Å². The van der Waals surface area contributed by atoms with E-state index >= 15 is 0 Å². The molecule has 1 aliphatic rings. The number of carbonyl (C=O) groups excluding carboxylic acids is 1. The number of carbonyl (C=O) groups is 1. The van der Waals surface area contributed by atoms with E-state index in [1.807, 2.05) is 14.1 Å². The third kappa shape index (κ3) is 3.16. The number of amides is 1. The molecule has 2 rings (SSSR count). The quantitative estimate of drug-likeness (QED) is 0.910. The fraction of sp³-hybridized carbons (Fsp3) is 0.643. The Morgan fingerprint density at radius 3 is 3.00 bits per heavy atom. The second kappa shape index (κ2) is 6.50. The lowest BCUT2D eigenvalue weighted by Gasteiger charge is -2.41. The first-order valence-electron chi connectivity index (χ1n) is 6.86. The van der Waals surface area contributed by atoms with Gasteiger partial charge in [0.25, 0.3) is 0 Å². The molecule has 0 spiro atoms. The third-order valence-corrected chi connectivity index (χ3v) is 4.64. The molecule has 1 aromatic heterocycles. The molecule has 0 saturated carbocycles. The Balaban J connectivity index is 2.20. The molecule has 2 atom stereocenters. The number of nitrogens with one attached hydrogen (secondary N) is 1. The highest BCUT2D eigenvalue weighted by atomic mass is 32.1. The Morgan fingerprint density at radius 1 is 1.63 bits per heavy atom. The molecule has 1 N–H and O–H groups in total. The summed E-state index contributed by atoms with van der Waals surface area (Å²) in [6.45, 7) is 4.84. The summed E-state index contributed by atoms with van der Waals surface area (Å²) in [6, 6.07) is 4.58. The maximum absolute atomic E-state index is 12.3. The van der Waals surface area contributed by atoms with Gasteiger partial charge in [0.15, 0.2) is 0 Å². The van der Waals surface area contributed by atoms with E-state index in [-0.39, 0.29) is 11.9 Å². The molecule has 1 aromatic rings. The molecule has 1 saturated heterocycles. The molecule has 106 valence electrons. The minimum atomic E-state index is -0.0456. The summed E-state index contributed by atoms with van der Waals surface area (Å²) in [4.78, 5) is 17.8. The summed E-state index contributed by atoms with van der Waals surface area (Å²) in [5.41, 5.74) is 0. The van der Waals surface area contributed by atoms with Crippen LogP contribution in [0, 0.1) is 0 Å². The second-order valence-electron chi connectivity index (χ2n) is 5.13. The summed E-state index contributed by atoms with van der Waals surface area (Å²) in [5, 5.41) is 5.45. The van der Waals surface area contributed by atoms with Gasteiger partial charge < -0.3 is 10.2 Å². The molecule has 0 aromatic carbocycles. The van der Waals surface area contributed by atoms with Gasteiger partial charge in [0.05, 0.1) is 0 Å². The highest BCUT2D eigenvalue weighted by Crippen LogP contribution is 2.30. The molecule has 19 heavy (non-hydrogen) atoms. The number of thiophene rings is 1. The van der Waals surface area contributed by atoms with Gasteiger partial charge in [-0.15, -0.1) is 11.3 Å². The van der Waals surface area contributed by atoms with Crippen LogP contribution in [0.4, 0.5) is 0 Å². The molecule has 2 unspecified atom stereocenters. The van der Waals surface area contributed by atoms with Crippen LogP contribution in [-0.2, 0) is 4.79 Å². The number of piperazine rings is 1. The maximum Gasteiger partial charge on any atom is 0.240 e. The van der Waals surface area contributed by atoms with E-state index in [1.165, 1.54) is 4.88 Å². The van der Waals surface area contributed by atoms with Crippen molar-refractivity contribution in [3.05, 3.63) is 22.4 Å². The lowest BCUT2D eigenvalue weighted by molar-refractivity contribution is -0.136. The van der Waals surface area contributed by atoms with E-state index in [1.54, 1.807) is 16.2 Å². The number of nitrogens with zero attached hydrogens (tertiary/aromatic N) is 2. The Kier molecular flexibility index (Phi) is 4.96. The lowest BCUT2D eigenvalue weighted by atomic mass is 10.0. The van der Waals surface area contributed by atoms with Crippen molar-refractivity contribution >= 4 is 17.2 Å². The minimum Gasteiger partial charge on any atom is -0.347 e. The molecule has 2 heterocycles. The molecule has 0 radical (unpaired) electrons. The zero-order valence-electron chi connectivity index (χ0n) is 11.9. The molecule has 5 heteroatoms. The molecule has 1 amide bonds. The largest absolute Gasteiger partial charge is 0.347 e. The van der Waals surface area contributed by atoms with Gasteiger partial charge in [-0.05, 0) is 17.9 Å². The van der Waals surface area contributed by atoms with Crippen LogP contribution in [0.15, 0.2) is 17.5 Å². The maximum atomic E-state index is 12.3. The lowest BCUT2D eigenvalue weighted by Crippen LogP contribution is -2.58. The summed E-state index contributed by atoms with van der Waals surface area (Å²) < 4.78 is 0. The van der Waals surface area contributed by atoms with Crippen LogP contribution in [0.5, 0.6) is 0 Å². The van der Waals surface area contributed by atoms with Crippen molar-refractivity contribution in [1.82, 2.24) is 15.1 Å². The molecular weight excluding hydrogens is 258 g/mol. The summed E-state index contributed by atoms with van der Waals surface area (Å²) in [5.74, 6) is 0.196. The Morgan fingerprint density at radius 2 is 2.42 bits per heavy atom. The SMILES string of the molecule is CCC(c1cccs1)N1CCNCC1C(=O)N(C)C. The van der Waals surface area contributed by atoms with Gasteiger partial charge in [-0.3, -0.25) is 9.69 Å². The van der Waals surface area contributed by atoms with Gasteiger partial charge >= 0.3 is 0 Å². The van der Waals surface area contributed by atoms with Gasteiger partial charge in [-0.1, -0.05) is 13.0 Å². The first kappa shape index (κ1) is 14.5. The topological polar surface area (TPSA) is 35.6 Å². The normalized spacial score (nSPS) is 22.2. The summed E-state index contributed by atoms with van der Waals surface area (Å²) in [6.07, 6.45) is 1.04. The first-order valence-corrected chi connectivity index (χ1v) is 7.74. The zero-order valence-corrected chi connectivity index (χ0v) is 12.7. The van der Waals surface area contributed by atoms with E-state index in [0.717, 1.165) is 26.1 Å². The molecule has 0 bridgehead atoms. The number of hydrogen-bond donors (Lipinski definition) is 1. The van der Waals surface area contributed by atoms with E-state index < -0.39 is 0 Å². The predicted molar refractivity (Wildman–Crippen MR) is 79.4 cm³/mol. The highest BCUT2D eigenvalue weighted by Gasteiger charge is 2.34. The van der Waals surface area contributed by atoms with Crippen molar-refractivity contribution in [3.8, 4) is 0 Å². The highest BCUT2D eigenvalue weighted by molar-refractivity contribution is 7.10. The second-order valence-corrected chi connectivity index (χ2v) is 6.11. The van der Waals surface area contributed by atoms with Crippen LogP contribution < -0.4 is 5.32 Å². The minimum absolute atomic E-state index is 0.0456. The average Bonchev–Trinajstić information content (AvgIpc) is 2.93. The molecule has 4 nitrogen and oxygen atoms in total. The zero-order chi connectivity index (χ0) is 13.8. The van der Waals surface area contributed by atoms with Crippen molar-refractivity contribution in [1.29, 1.82) is 0 Å². The predicted octanol–water partition coefficient (Wildman–Crippen LogP) is 1.56. The molecule has 1 aliphatic heterocycles. The number of likely N-dealkylation sites (N-methyl/N-ethyl adjacent to an activating group) is 1. The van der Waals surface area contributed by atoms with Crippen molar-refractivity contribution < 1.29 is 4.79 Å². The van der Waals surface area contributed by atoms with E-state index in [9.17, 15) is 4.79 Å². The average molecular weight is 281 g/mol. The van der Waals surface area contributed by atoms with Crippen molar-refractivity contribution in [2.75, 3.05) is 33.7 Å². The fourth-order valence-corrected chi connectivity index (χ4v) is 3.63. The Bertz CT molecular complexity index is 405. The third-order valence-electron chi connectivity index (χ3n) is 3.67. The van der Waals surface area contributed by atoms with Gasteiger partial charge in [0.2, 0.25) is 5.91 Å². The summed E-state index contributed by atoms with van der Waals surface area (Å²) in [7, 11) is 3.67. The van der Waals surface area contributed by atoms with Gasteiger partial charge in [0.1, 0.15) is 6.04 Å². The van der Waals surface area contributed by atoms with Gasteiger partial charge in [0, 0.05) is 44.6 Å². The number of rotatable bonds is 4. The van der Waals surface area contributed by atoms with Crippen LogP contribution in [0.25, 0.3) is 0 Å². The van der Waals surface area contributed by atoms with Crippen molar-refractivity contribution in [2.24, 2.45) is 0 Å². The Labute approximate surface area is 119 Å². The number of hydrogen-bond acceptors (Lipinski definition) is 4. The Hall–Kier alpha value is -0.910. The first-order chi connectivity index (χ1) is 9.15. The fourth-order valence-electron chi connectivity index (χ4n) is 2.70. The van der Waals surface area contributed by atoms with E-state index in [4.69, 9.17) is 0 Å². The van der Waals surface area contributed by atoms with E-state index in [0.29, 0.717) is 6.04 Å². The molecule has 1 fully saturated rings. The smallest absolute Gasteiger partial charge is 0.240 e. The van der Waals surface area contributed by atoms with E-state index in [2.05, 4.69) is 34.7 Å². The van der Waals surface area contributed by atoms with Crippen LogP contribution in [-0.4, -0.2) is 55.5 Å². The van der Waals surface area contributed by atoms with Crippen molar-refractivity contribution in [3.63, 3.8) is 0 Å². The molecule has 0 aliphatic carbocycles. The van der Waals surface area contributed by atoms with Crippen LogP contribution in [0.3, 0.4) is 0 Å².